The smallest absolute Gasteiger partial charge is 0.0659 e. The van der Waals surface area contributed by atoms with Crippen molar-refractivity contribution in [3.63, 3.8) is 0 Å². The third-order valence-corrected chi connectivity index (χ3v) is 2.28. The van der Waals surface area contributed by atoms with Crippen LogP contribution in [0.25, 0.3) is 0 Å². The van der Waals surface area contributed by atoms with E-state index in [0.29, 0.717) is 6.54 Å². The van der Waals surface area contributed by atoms with Crippen LogP contribution in [0.15, 0.2) is 17.1 Å². The van der Waals surface area contributed by atoms with Crippen LogP contribution in [0.4, 0.5) is 0 Å². The van der Waals surface area contributed by atoms with Crippen LogP contribution < -0.4 is 0 Å². The number of unbranched alkanes of at least 4 members (excludes halogenated alkanes) is 2. The molecule has 1 atom stereocenters. The first-order chi connectivity index (χ1) is 6.34. The second-order valence-electron chi connectivity index (χ2n) is 3.44. The third kappa shape index (κ3) is 3.73. The molecule has 0 fully saturated rings. The molecule has 0 saturated carbocycles. The Morgan fingerprint density at radius 3 is 3.00 bits per heavy atom. The van der Waals surface area contributed by atoms with E-state index < -0.39 is 0 Å². The molecule has 13 heavy (non-hydrogen) atoms. The number of nitrogens with zero attached hydrogens (tertiary/aromatic N) is 1. The summed E-state index contributed by atoms with van der Waals surface area (Å²) in [5.41, 5.74) is 0. The lowest BCUT2D eigenvalue weighted by Crippen LogP contribution is -2.20. The van der Waals surface area contributed by atoms with Gasteiger partial charge in [0.05, 0.1) is 12.6 Å². The lowest BCUT2D eigenvalue weighted by molar-refractivity contribution is 0.178. The van der Waals surface area contributed by atoms with Gasteiger partial charge in [-0.15, -0.1) is 0 Å². The van der Waals surface area contributed by atoms with Crippen molar-refractivity contribution in [2.45, 2.75) is 38.7 Å². The Balaban J connectivity index is 2.19. The summed E-state index contributed by atoms with van der Waals surface area (Å²) in [6, 6.07) is 0. The molecule has 1 rings (SSSR count). The van der Waals surface area contributed by atoms with Crippen molar-refractivity contribution in [3.8, 4) is 0 Å². The molecule has 0 amide bonds. The second kappa shape index (κ2) is 5.92. The van der Waals surface area contributed by atoms with E-state index in [1.165, 1.54) is 12.8 Å². The van der Waals surface area contributed by atoms with Gasteiger partial charge in [-0.2, -0.15) is 0 Å². The molecule has 0 aromatic rings. The monoisotopic (exact) mass is 180 g/mol. The minimum Gasteiger partial charge on any atom is -0.392 e. The summed E-state index contributed by atoms with van der Waals surface area (Å²) in [5.74, 6) is 1.05. The highest BCUT2D eigenvalue weighted by Crippen LogP contribution is 2.17. The predicted molar refractivity (Wildman–Crippen MR) is 55.9 cm³/mol. The molecule has 0 aromatic heterocycles. The minimum absolute atomic E-state index is 0.278. The van der Waals surface area contributed by atoms with Gasteiger partial charge in [-0.1, -0.05) is 32.3 Å². The van der Waals surface area contributed by atoms with E-state index in [-0.39, 0.29) is 6.10 Å². The average molecular weight is 180 g/mol. The molecule has 2 heteroatoms. The quantitative estimate of drug-likeness (QED) is 0.646. The van der Waals surface area contributed by atoms with Crippen LogP contribution in [0, 0.1) is 5.92 Å². The molecule has 0 aromatic carbocycles. The van der Waals surface area contributed by atoms with Crippen molar-refractivity contribution in [3.05, 3.63) is 18.1 Å². The average Bonchev–Trinajstić information content (AvgIpc) is 2.19. The summed E-state index contributed by atoms with van der Waals surface area (Å²) in [6.45, 7) is 2.84. The fourth-order valence-electron chi connectivity index (χ4n) is 1.43. The van der Waals surface area contributed by atoms with Gasteiger partial charge in [0.2, 0.25) is 0 Å². The number of aliphatic hydroxyl groups excluding tert-OH is 1. The maximum atomic E-state index is 9.74. The Labute approximate surface area is 80.4 Å². The van der Waals surface area contributed by atoms with Crippen LogP contribution in [0.5, 0.6) is 0 Å². The number of aliphatic hydroxyl groups is 1. The van der Waals surface area contributed by atoms with Crippen molar-refractivity contribution in [1.29, 1.82) is 0 Å². The molecular weight excluding hydrogens is 162 g/mol. The largest absolute Gasteiger partial charge is 0.392 e. The maximum Gasteiger partial charge on any atom is 0.0659 e. The highest BCUT2D eigenvalue weighted by molar-refractivity contribution is 5.73. The topological polar surface area (TPSA) is 32.6 Å². The Hall–Kier alpha value is -0.630. The fourth-order valence-corrected chi connectivity index (χ4v) is 1.43. The van der Waals surface area contributed by atoms with Crippen LogP contribution in [-0.2, 0) is 0 Å². The summed E-state index contributed by atoms with van der Waals surface area (Å²) in [5, 5.41) is 9.74. The van der Waals surface area contributed by atoms with Crippen molar-refractivity contribution in [2.75, 3.05) is 6.54 Å². The van der Waals surface area contributed by atoms with Gasteiger partial charge in [0, 0.05) is 12.1 Å². The van der Waals surface area contributed by atoms with Crippen LogP contribution in [-0.4, -0.2) is 24.0 Å². The van der Waals surface area contributed by atoms with Gasteiger partial charge in [-0.05, 0) is 12.5 Å². The Morgan fingerprint density at radius 2 is 2.38 bits per heavy atom. The molecule has 1 heterocycles. The molecule has 0 spiro atoms. The molecule has 0 bridgehead atoms. The van der Waals surface area contributed by atoms with Crippen molar-refractivity contribution >= 4 is 6.21 Å². The van der Waals surface area contributed by atoms with E-state index in [2.05, 4.69) is 11.9 Å². The van der Waals surface area contributed by atoms with E-state index in [1.807, 2.05) is 12.2 Å². The first-order valence-electron chi connectivity index (χ1n) is 5.05. The third-order valence-electron chi connectivity index (χ3n) is 2.28. The van der Waals surface area contributed by atoms with Gasteiger partial charge in [-0.3, -0.25) is 4.99 Å². The van der Waals surface area contributed by atoms with E-state index in [1.54, 1.807) is 6.21 Å². The molecule has 73 valence electrons. The first-order valence-corrected chi connectivity index (χ1v) is 5.05. The van der Waals surface area contributed by atoms with E-state index in [0.717, 1.165) is 18.8 Å². The number of rotatable bonds is 5. The zero-order valence-electron chi connectivity index (χ0n) is 8.24. The second-order valence-corrected chi connectivity index (χ2v) is 3.44. The summed E-state index contributed by atoms with van der Waals surface area (Å²) in [7, 11) is 0. The van der Waals surface area contributed by atoms with E-state index >= 15 is 0 Å². The van der Waals surface area contributed by atoms with Gasteiger partial charge in [0.25, 0.3) is 0 Å². The maximum absolute atomic E-state index is 9.74. The van der Waals surface area contributed by atoms with Gasteiger partial charge in [0.1, 0.15) is 0 Å². The molecule has 0 aliphatic carbocycles. The van der Waals surface area contributed by atoms with Crippen LogP contribution in [0.3, 0.4) is 0 Å². The molecule has 1 N–H and O–H groups in total. The standard InChI is InChI=1S/C11H18NO/c1-2-3-4-7-11(13)10-6-5-8-12-9-10/h5-6,8,11,13H,2-4,7,9H2,1H3. The number of aliphatic imine (C=N–C) groups is 1. The molecule has 1 radical (unpaired) electrons. The van der Waals surface area contributed by atoms with Crippen LogP contribution in [0.1, 0.15) is 32.6 Å². The van der Waals surface area contributed by atoms with E-state index in [9.17, 15) is 5.11 Å². The summed E-state index contributed by atoms with van der Waals surface area (Å²) in [6.07, 6.45) is 9.77. The minimum atomic E-state index is -0.278. The lowest BCUT2D eigenvalue weighted by atomic mass is 9.96. The van der Waals surface area contributed by atoms with Gasteiger partial charge < -0.3 is 5.11 Å². The molecule has 1 aliphatic rings. The molecule has 1 aliphatic heterocycles. The van der Waals surface area contributed by atoms with Crippen molar-refractivity contribution in [2.24, 2.45) is 4.99 Å². The summed E-state index contributed by atoms with van der Waals surface area (Å²) >= 11 is 0. The van der Waals surface area contributed by atoms with Crippen LogP contribution in [0.2, 0.25) is 0 Å². The lowest BCUT2D eigenvalue weighted by Gasteiger charge is -2.18. The van der Waals surface area contributed by atoms with Gasteiger partial charge in [-0.25, -0.2) is 0 Å². The Bertz CT molecular complexity index is 187. The SMILES string of the molecule is CCCCCC(O)[C]1C=CC=NC1. The van der Waals surface area contributed by atoms with Crippen molar-refractivity contribution < 1.29 is 5.11 Å². The normalized spacial score (nSPS) is 19.2. The van der Waals surface area contributed by atoms with Crippen molar-refractivity contribution in [1.82, 2.24) is 0 Å². The Kier molecular flexibility index (Phi) is 4.76. The Morgan fingerprint density at radius 1 is 1.54 bits per heavy atom. The number of hydrogen-bond acceptors (Lipinski definition) is 2. The van der Waals surface area contributed by atoms with E-state index in [4.69, 9.17) is 0 Å². The predicted octanol–water partition coefficient (Wildman–Crippen LogP) is 2.14. The van der Waals surface area contributed by atoms with Crippen LogP contribution >= 0.6 is 0 Å². The fraction of sp³-hybridized carbons (Fsp3) is 0.636. The number of dihydropyridines is 1. The highest BCUT2D eigenvalue weighted by atomic mass is 16.3. The molecular formula is C11H18NO. The first kappa shape index (κ1) is 10.5. The molecule has 2 nitrogen and oxygen atoms in total. The number of hydrogen-bond donors (Lipinski definition) is 1. The molecule has 0 saturated heterocycles. The zero-order chi connectivity index (χ0) is 9.52. The zero-order valence-corrected chi connectivity index (χ0v) is 8.24. The van der Waals surface area contributed by atoms with Gasteiger partial charge in [0.15, 0.2) is 0 Å². The highest BCUT2D eigenvalue weighted by Gasteiger charge is 2.16. The summed E-state index contributed by atoms with van der Waals surface area (Å²) < 4.78 is 0. The molecule has 1 unspecified atom stereocenters. The van der Waals surface area contributed by atoms with Gasteiger partial charge >= 0.3 is 0 Å². The summed E-state index contributed by atoms with van der Waals surface area (Å²) in [4.78, 5) is 4.10. The number of allylic oxidation sites excluding steroid dienone is 1.